The SMILES string of the molecule is O=C(c1ccccc1CN1CCSCC1)C1CC1. The van der Waals surface area contributed by atoms with Gasteiger partial charge >= 0.3 is 0 Å². The molecule has 0 aromatic heterocycles. The number of Topliss-reactive ketones (excluding diaryl/α,β-unsaturated/α-hetero) is 1. The van der Waals surface area contributed by atoms with Crippen molar-refractivity contribution in [2.24, 2.45) is 5.92 Å². The molecule has 0 N–H and O–H groups in total. The van der Waals surface area contributed by atoms with Crippen LogP contribution in [0.15, 0.2) is 24.3 Å². The molecule has 3 rings (SSSR count). The van der Waals surface area contributed by atoms with Gasteiger partial charge in [-0.2, -0.15) is 11.8 Å². The summed E-state index contributed by atoms with van der Waals surface area (Å²) in [6.07, 6.45) is 2.18. The van der Waals surface area contributed by atoms with Crippen LogP contribution in [0.3, 0.4) is 0 Å². The van der Waals surface area contributed by atoms with E-state index in [1.54, 1.807) is 0 Å². The number of hydrogen-bond donors (Lipinski definition) is 0. The van der Waals surface area contributed by atoms with E-state index in [1.165, 1.54) is 17.1 Å². The summed E-state index contributed by atoms with van der Waals surface area (Å²) in [4.78, 5) is 14.7. The molecule has 0 spiro atoms. The minimum atomic E-state index is 0.322. The fraction of sp³-hybridized carbons (Fsp3) is 0.533. The maximum Gasteiger partial charge on any atom is 0.166 e. The number of benzene rings is 1. The minimum Gasteiger partial charge on any atom is -0.297 e. The zero-order chi connectivity index (χ0) is 12.4. The average Bonchev–Trinajstić information content (AvgIpc) is 3.24. The van der Waals surface area contributed by atoms with Crippen LogP contribution in [-0.2, 0) is 6.54 Å². The first-order valence-corrected chi connectivity index (χ1v) is 7.92. The molecule has 2 aliphatic rings. The van der Waals surface area contributed by atoms with Gasteiger partial charge in [0, 0.05) is 42.6 Å². The lowest BCUT2D eigenvalue weighted by Gasteiger charge is -2.26. The number of nitrogens with zero attached hydrogens (tertiary/aromatic N) is 1. The van der Waals surface area contributed by atoms with E-state index < -0.39 is 0 Å². The molecule has 0 atom stereocenters. The topological polar surface area (TPSA) is 20.3 Å². The van der Waals surface area contributed by atoms with Crippen LogP contribution in [0.2, 0.25) is 0 Å². The zero-order valence-electron chi connectivity index (χ0n) is 10.6. The highest BCUT2D eigenvalue weighted by Gasteiger charge is 2.31. The second-order valence-electron chi connectivity index (χ2n) is 5.18. The van der Waals surface area contributed by atoms with Gasteiger partial charge in [-0.15, -0.1) is 0 Å². The molecule has 1 heterocycles. The normalized spacial score (nSPS) is 20.9. The van der Waals surface area contributed by atoms with Crippen molar-refractivity contribution >= 4 is 17.5 Å². The molecule has 1 aromatic rings. The monoisotopic (exact) mass is 261 g/mol. The molecule has 96 valence electrons. The quantitative estimate of drug-likeness (QED) is 0.777. The number of ketones is 1. The second-order valence-corrected chi connectivity index (χ2v) is 6.41. The standard InChI is InChI=1S/C15H19NOS/c17-15(12-5-6-12)14-4-2-1-3-13(14)11-16-7-9-18-10-8-16/h1-4,12H,5-11H2. The Kier molecular flexibility index (Phi) is 3.71. The van der Waals surface area contributed by atoms with Gasteiger partial charge in [0.2, 0.25) is 0 Å². The van der Waals surface area contributed by atoms with Crippen molar-refractivity contribution in [3.63, 3.8) is 0 Å². The summed E-state index contributed by atoms with van der Waals surface area (Å²) in [7, 11) is 0. The Hall–Kier alpha value is -0.800. The van der Waals surface area contributed by atoms with Gasteiger partial charge in [0.15, 0.2) is 5.78 Å². The Morgan fingerprint density at radius 2 is 1.94 bits per heavy atom. The van der Waals surface area contributed by atoms with Gasteiger partial charge in [0.1, 0.15) is 0 Å². The molecule has 1 saturated heterocycles. The predicted octanol–water partition coefficient (Wildman–Crippen LogP) is 2.83. The minimum absolute atomic E-state index is 0.322. The molecule has 1 aromatic carbocycles. The molecule has 1 saturated carbocycles. The molecular weight excluding hydrogens is 242 g/mol. The molecule has 0 bridgehead atoms. The Morgan fingerprint density at radius 1 is 1.22 bits per heavy atom. The van der Waals surface area contributed by atoms with Crippen LogP contribution in [0.5, 0.6) is 0 Å². The van der Waals surface area contributed by atoms with Crippen LogP contribution in [0.1, 0.15) is 28.8 Å². The van der Waals surface area contributed by atoms with Crippen LogP contribution >= 0.6 is 11.8 Å². The van der Waals surface area contributed by atoms with E-state index in [2.05, 4.69) is 17.0 Å². The maximum absolute atomic E-state index is 12.2. The van der Waals surface area contributed by atoms with Crippen molar-refractivity contribution < 1.29 is 4.79 Å². The summed E-state index contributed by atoms with van der Waals surface area (Å²) in [5.74, 6) is 3.14. The molecule has 2 nitrogen and oxygen atoms in total. The van der Waals surface area contributed by atoms with E-state index in [-0.39, 0.29) is 0 Å². The van der Waals surface area contributed by atoms with Gasteiger partial charge in [0.25, 0.3) is 0 Å². The lowest BCUT2D eigenvalue weighted by Crippen LogP contribution is -2.32. The molecule has 18 heavy (non-hydrogen) atoms. The maximum atomic E-state index is 12.2. The smallest absolute Gasteiger partial charge is 0.166 e. The van der Waals surface area contributed by atoms with E-state index in [0.29, 0.717) is 11.7 Å². The first-order valence-electron chi connectivity index (χ1n) is 6.77. The number of rotatable bonds is 4. The highest BCUT2D eigenvalue weighted by molar-refractivity contribution is 7.99. The third-order valence-corrected chi connectivity index (χ3v) is 4.67. The number of hydrogen-bond acceptors (Lipinski definition) is 3. The Labute approximate surface area is 113 Å². The van der Waals surface area contributed by atoms with Gasteiger partial charge in [-0.25, -0.2) is 0 Å². The van der Waals surface area contributed by atoms with Gasteiger partial charge in [-0.3, -0.25) is 9.69 Å². The van der Waals surface area contributed by atoms with Crippen LogP contribution in [-0.4, -0.2) is 35.3 Å². The van der Waals surface area contributed by atoms with Gasteiger partial charge in [0.05, 0.1) is 0 Å². The van der Waals surface area contributed by atoms with E-state index >= 15 is 0 Å². The summed E-state index contributed by atoms with van der Waals surface area (Å²) in [6.45, 7) is 3.24. The first kappa shape index (κ1) is 12.2. The van der Waals surface area contributed by atoms with Gasteiger partial charge in [-0.05, 0) is 18.4 Å². The Bertz CT molecular complexity index is 436. The summed E-state index contributed by atoms with van der Waals surface area (Å²) < 4.78 is 0. The molecule has 1 aliphatic carbocycles. The molecule has 3 heteroatoms. The van der Waals surface area contributed by atoms with Crippen molar-refractivity contribution in [2.75, 3.05) is 24.6 Å². The van der Waals surface area contributed by atoms with Crippen molar-refractivity contribution in [1.29, 1.82) is 0 Å². The van der Waals surface area contributed by atoms with Crippen LogP contribution in [0.4, 0.5) is 0 Å². The third kappa shape index (κ3) is 2.78. The van der Waals surface area contributed by atoms with Gasteiger partial charge < -0.3 is 0 Å². The van der Waals surface area contributed by atoms with Crippen LogP contribution in [0.25, 0.3) is 0 Å². The average molecular weight is 261 g/mol. The number of carbonyl (C=O) groups excluding carboxylic acids is 1. The fourth-order valence-electron chi connectivity index (χ4n) is 2.46. The Balaban J connectivity index is 1.75. The second kappa shape index (κ2) is 5.45. The van der Waals surface area contributed by atoms with E-state index in [4.69, 9.17) is 0 Å². The molecule has 0 unspecified atom stereocenters. The molecule has 0 amide bonds. The molecule has 1 aliphatic heterocycles. The van der Waals surface area contributed by atoms with E-state index in [9.17, 15) is 4.79 Å². The fourth-order valence-corrected chi connectivity index (χ4v) is 3.44. The van der Waals surface area contributed by atoms with Crippen molar-refractivity contribution in [3.05, 3.63) is 35.4 Å². The van der Waals surface area contributed by atoms with Crippen molar-refractivity contribution in [1.82, 2.24) is 4.90 Å². The summed E-state index contributed by atoms with van der Waals surface area (Å²) in [5.41, 5.74) is 2.19. The molecule has 0 radical (unpaired) electrons. The first-order chi connectivity index (χ1) is 8.84. The van der Waals surface area contributed by atoms with E-state index in [1.807, 2.05) is 23.9 Å². The van der Waals surface area contributed by atoms with Crippen molar-refractivity contribution in [2.45, 2.75) is 19.4 Å². The Morgan fingerprint density at radius 3 is 2.67 bits per heavy atom. The lowest BCUT2D eigenvalue weighted by molar-refractivity contribution is 0.0965. The largest absolute Gasteiger partial charge is 0.297 e. The van der Waals surface area contributed by atoms with Crippen LogP contribution < -0.4 is 0 Å². The molecular formula is C15H19NOS. The summed E-state index contributed by atoms with van der Waals surface area (Å²) in [6, 6.07) is 8.18. The third-order valence-electron chi connectivity index (χ3n) is 3.73. The summed E-state index contributed by atoms with van der Waals surface area (Å²) >= 11 is 2.03. The predicted molar refractivity (Wildman–Crippen MR) is 76.1 cm³/mol. The lowest BCUT2D eigenvalue weighted by atomic mass is 10.0. The number of thioether (sulfide) groups is 1. The molecule has 2 fully saturated rings. The summed E-state index contributed by atoms with van der Waals surface area (Å²) in [5, 5.41) is 0. The van der Waals surface area contributed by atoms with Crippen molar-refractivity contribution in [3.8, 4) is 0 Å². The van der Waals surface area contributed by atoms with E-state index in [0.717, 1.165) is 38.0 Å². The van der Waals surface area contributed by atoms with Crippen LogP contribution in [0, 0.1) is 5.92 Å². The zero-order valence-corrected chi connectivity index (χ0v) is 11.4. The number of carbonyl (C=O) groups is 1. The van der Waals surface area contributed by atoms with Gasteiger partial charge in [-0.1, -0.05) is 24.3 Å². The highest BCUT2D eigenvalue weighted by atomic mass is 32.2. The highest BCUT2D eigenvalue weighted by Crippen LogP contribution is 2.33.